The van der Waals surface area contributed by atoms with Gasteiger partial charge in [-0.05, 0) is 73.7 Å². The molecular formula is C20H22N2O3S. The summed E-state index contributed by atoms with van der Waals surface area (Å²) in [6.45, 7) is 2.47. The van der Waals surface area contributed by atoms with Crippen molar-refractivity contribution in [3.8, 4) is 5.75 Å². The Bertz CT molecular complexity index is 790. The fourth-order valence-corrected chi connectivity index (χ4v) is 3.65. The highest BCUT2D eigenvalue weighted by molar-refractivity contribution is 8.00. The molecule has 0 spiro atoms. The molecule has 1 aliphatic carbocycles. The Morgan fingerprint density at radius 2 is 1.81 bits per heavy atom. The molecule has 0 atom stereocenters. The van der Waals surface area contributed by atoms with Gasteiger partial charge in [0.25, 0.3) is 5.91 Å². The van der Waals surface area contributed by atoms with Crippen LogP contribution in [0.25, 0.3) is 0 Å². The molecule has 0 bridgehead atoms. The Morgan fingerprint density at radius 1 is 1.04 bits per heavy atom. The molecule has 0 unspecified atom stereocenters. The van der Waals surface area contributed by atoms with Crippen LogP contribution >= 0.6 is 11.8 Å². The van der Waals surface area contributed by atoms with E-state index < -0.39 is 0 Å². The topological polar surface area (TPSA) is 67.4 Å². The Labute approximate surface area is 157 Å². The second-order valence-electron chi connectivity index (χ2n) is 6.03. The van der Waals surface area contributed by atoms with Gasteiger partial charge < -0.3 is 4.74 Å². The van der Waals surface area contributed by atoms with Crippen molar-refractivity contribution in [1.82, 2.24) is 10.9 Å². The number of carbonyl (C=O) groups is 2. The smallest absolute Gasteiger partial charge is 0.269 e. The predicted octanol–water partition coefficient (Wildman–Crippen LogP) is 3.13. The zero-order valence-electron chi connectivity index (χ0n) is 14.7. The normalized spacial score (nSPS) is 12.3. The lowest BCUT2D eigenvalue weighted by Gasteiger charge is -2.09. The first-order valence-electron chi connectivity index (χ1n) is 8.72. The molecule has 0 radical (unpaired) electrons. The van der Waals surface area contributed by atoms with E-state index >= 15 is 0 Å². The van der Waals surface area contributed by atoms with Crippen LogP contribution in [0.3, 0.4) is 0 Å². The molecule has 3 rings (SSSR count). The number of fused-ring (bicyclic) bond motifs is 1. The number of thioether (sulfide) groups is 1. The van der Waals surface area contributed by atoms with Crippen LogP contribution in [0.1, 0.15) is 34.8 Å². The maximum absolute atomic E-state index is 12.0. The summed E-state index contributed by atoms with van der Waals surface area (Å²) in [5, 5.41) is 0. The van der Waals surface area contributed by atoms with Crippen molar-refractivity contribution in [3.63, 3.8) is 0 Å². The van der Waals surface area contributed by atoms with Gasteiger partial charge in [0.1, 0.15) is 5.75 Å². The number of aryl methyl sites for hydroxylation is 2. The minimum absolute atomic E-state index is 0.241. The van der Waals surface area contributed by atoms with Gasteiger partial charge in [0.2, 0.25) is 5.91 Å². The molecule has 0 saturated heterocycles. The molecule has 5 nitrogen and oxygen atoms in total. The number of ether oxygens (including phenoxy) is 1. The van der Waals surface area contributed by atoms with Gasteiger partial charge in [0.15, 0.2) is 0 Å². The lowest BCUT2D eigenvalue weighted by atomic mass is 10.1. The molecule has 2 amide bonds. The van der Waals surface area contributed by atoms with E-state index in [1.165, 1.54) is 29.3 Å². The van der Waals surface area contributed by atoms with Crippen LogP contribution in [-0.4, -0.2) is 24.2 Å². The molecule has 2 aromatic carbocycles. The van der Waals surface area contributed by atoms with E-state index in [4.69, 9.17) is 4.74 Å². The van der Waals surface area contributed by atoms with Crippen molar-refractivity contribution in [1.29, 1.82) is 0 Å². The summed E-state index contributed by atoms with van der Waals surface area (Å²) in [7, 11) is 0. The number of hydrazine groups is 1. The first kappa shape index (κ1) is 18.3. The van der Waals surface area contributed by atoms with Crippen LogP contribution in [0.15, 0.2) is 47.4 Å². The first-order chi connectivity index (χ1) is 12.7. The monoisotopic (exact) mass is 370 g/mol. The summed E-state index contributed by atoms with van der Waals surface area (Å²) in [6.07, 6.45) is 3.48. The second kappa shape index (κ2) is 8.76. The third kappa shape index (κ3) is 4.79. The molecule has 2 N–H and O–H groups in total. The Balaban J connectivity index is 1.44. The summed E-state index contributed by atoms with van der Waals surface area (Å²) < 4.78 is 5.34. The lowest BCUT2D eigenvalue weighted by molar-refractivity contribution is -0.119. The average Bonchev–Trinajstić information content (AvgIpc) is 3.13. The molecule has 0 heterocycles. The third-order valence-electron chi connectivity index (χ3n) is 4.18. The van der Waals surface area contributed by atoms with E-state index in [2.05, 4.69) is 29.1 Å². The van der Waals surface area contributed by atoms with Gasteiger partial charge >= 0.3 is 0 Å². The minimum atomic E-state index is -0.357. The zero-order chi connectivity index (χ0) is 18.4. The van der Waals surface area contributed by atoms with E-state index in [1.807, 2.05) is 6.92 Å². The van der Waals surface area contributed by atoms with Gasteiger partial charge in [-0.2, -0.15) is 0 Å². The molecule has 26 heavy (non-hydrogen) atoms. The van der Waals surface area contributed by atoms with E-state index in [-0.39, 0.29) is 17.6 Å². The molecular weight excluding hydrogens is 348 g/mol. The van der Waals surface area contributed by atoms with Crippen molar-refractivity contribution in [2.24, 2.45) is 0 Å². The van der Waals surface area contributed by atoms with Crippen molar-refractivity contribution < 1.29 is 14.3 Å². The maximum Gasteiger partial charge on any atom is 0.269 e. The van der Waals surface area contributed by atoms with Crippen molar-refractivity contribution in [2.75, 3.05) is 12.4 Å². The Kier molecular flexibility index (Phi) is 6.17. The fourth-order valence-electron chi connectivity index (χ4n) is 2.89. The maximum atomic E-state index is 12.0. The lowest BCUT2D eigenvalue weighted by Crippen LogP contribution is -2.42. The van der Waals surface area contributed by atoms with Gasteiger partial charge in [0.05, 0.1) is 12.4 Å². The zero-order valence-corrected chi connectivity index (χ0v) is 15.5. The number of rotatable bonds is 6. The molecule has 0 aliphatic heterocycles. The molecule has 0 fully saturated rings. The highest BCUT2D eigenvalue weighted by Crippen LogP contribution is 2.27. The summed E-state index contributed by atoms with van der Waals surface area (Å²) in [6, 6.07) is 13.1. The summed E-state index contributed by atoms with van der Waals surface area (Å²) in [5.74, 6) is 0.361. The van der Waals surface area contributed by atoms with Crippen LogP contribution in [-0.2, 0) is 17.6 Å². The minimum Gasteiger partial charge on any atom is -0.494 e. The molecule has 1 aliphatic rings. The first-order valence-corrected chi connectivity index (χ1v) is 9.71. The van der Waals surface area contributed by atoms with Gasteiger partial charge in [-0.25, -0.2) is 0 Å². The van der Waals surface area contributed by atoms with E-state index in [1.54, 1.807) is 24.3 Å². The van der Waals surface area contributed by atoms with Gasteiger partial charge in [-0.1, -0.05) is 6.07 Å². The van der Waals surface area contributed by atoms with E-state index in [0.717, 1.165) is 17.7 Å². The van der Waals surface area contributed by atoms with Crippen molar-refractivity contribution in [2.45, 2.75) is 31.1 Å². The average molecular weight is 370 g/mol. The fraction of sp³-hybridized carbons (Fsp3) is 0.300. The van der Waals surface area contributed by atoms with Gasteiger partial charge in [-0.3, -0.25) is 20.4 Å². The van der Waals surface area contributed by atoms with Crippen molar-refractivity contribution in [3.05, 3.63) is 59.2 Å². The number of hydrogen-bond donors (Lipinski definition) is 2. The van der Waals surface area contributed by atoms with Crippen LogP contribution in [0, 0.1) is 0 Å². The Morgan fingerprint density at radius 3 is 2.58 bits per heavy atom. The second-order valence-corrected chi connectivity index (χ2v) is 7.08. The number of nitrogens with one attached hydrogen (secondary N) is 2. The van der Waals surface area contributed by atoms with Gasteiger partial charge in [0, 0.05) is 10.5 Å². The van der Waals surface area contributed by atoms with E-state index in [0.29, 0.717) is 17.9 Å². The van der Waals surface area contributed by atoms with Crippen LogP contribution < -0.4 is 15.6 Å². The predicted molar refractivity (Wildman–Crippen MR) is 102 cm³/mol. The number of benzene rings is 2. The van der Waals surface area contributed by atoms with Crippen LogP contribution in [0.4, 0.5) is 0 Å². The third-order valence-corrected chi connectivity index (χ3v) is 5.18. The highest BCUT2D eigenvalue weighted by Gasteiger charge is 2.12. The molecule has 6 heteroatoms. The number of hydrogen-bond acceptors (Lipinski definition) is 4. The molecule has 2 aromatic rings. The van der Waals surface area contributed by atoms with Gasteiger partial charge in [-0.15, -0.1) is 11.8 Å². The largest absolute Gasteiger partial charge is 0.494 e. The Hall–Kier alpha value is -2.47. The SMILES string of the molecule is CCOc1ccc(C(=O)NNC(=O)CSc2ccc3c(c2)CCC3)cc1. The van der Waals surface area contributed by atoms with Crippen LogP contribution in [0.2, 0.25) is 0 Å². The quantitative estimate of drug-likeness (QED) is 0.606. The molecule has 0 saturated carbocycles. The summed E-state index contributed by atoms with van der Waals surface area (Å²) >= 11 is 1.47. The summed E-state index contributed by atoms with van der Waals surface area (Å²) in [4.78, 5) is 25.1. The number of carbonyl (C=O) groups excluding carboxylic acids is 2. The number of amides is 2. The standard InChI is InChI=1S/C20H22N2O3S/c1-2-25-17-9-6-15(7-10-17)20(24)22-21-19(23)13-26-18-11-8-14-4-3-5-16(14)12-18/h6-12H,2-5,13H2,1H3,(H,21,23)(H,22,24). The van der Waals surface area contributed by atoms with Crippen molar-refractivity contribution >= 4 is 23.6 Å². The highest BCUT2D eigenvalue weighted by atomic mass is 32.2. The molecule has 136 valence electrons. The summed E-state index contributed by atoms with van der Waals surface area (Å²) in [5.41, 5.74) is 8.15. The van der Waals surface area contributed by atoms with E-state index in [9.17, 15) is 9.59 Å². The van der Waals surface area contributed by atoms with Crippen LogP contribution in [0.5, 0.6) is 5.75 Å². The molecule has 0 aromatic heterocycles.